The molecule has 0 heterocycles. The number of methoxy groups -OCH3 is 1. The van der Waals surface area contributed by atoms with Crippen LogP contribution in [0.25, 0.3) is 0 Å². The van der Waals surface area contributed by atoms with Crippen LogP contribution in [0.2, 0.25) is 0 Å². The molecule has 0 N–H and O–H groups in total. The normalized spacial score (nSPS) is 8.87. The average molecular weight is 202 g/mol. The summed E-state index contributed by atoms with van der Waals surface area (Å²) in [5, 5.41) is 0. The minimum Gasteiger partial charge on any atom is -0.497 e. The first-order valence-corrected chi connectivity index (χ1v) is 4.56. The van der Waals surface area contributed by atoms with Crippen LogP contribution >= 0.6 is 0 Å². The Labute approximate surface area is 90.1 Å². The van der Waals surface area contributed by atoms with Gasteiger partial charge in [-0.05, 0) is 35.9 Å². The van der Waals surface area contributed by atoms with Crippen molar-refractivity contribution in [3.8, 4) is 11.5 Å². The SMILES string of the molecule is C=C=CC(=C)COc1ccc(OC)cc1. The van der Waals surface area contributed by atoms with Crippen molar-refractivity contribution in [2.75, 3.05) is 13.7 Å². The molecule has 0 spiro atoms. The number of hydrogen-bond acceptors (Lipinski definition) is 2. The lowest BCUT2D eigenvalue weighted by atomic mass is 10.3. The molecule has 1 aromatic rings. The fraction of sp³-hybridized carbons (Fsp3) is 0.154. The molecule has 0 aliphatic rings. The van der Waals surface area contributed by atoms with Gasteiger partial charge in [-0.2, -0.15) is 0 Å². The van der Waals surface area contributed by atoms with Crippen LogP contribution in [-0.2, 0) is 0 Å². The van der Waals surface area contributed by atoms with E-state index in [1.807, 2.05) is 24.3 Å². The molecular weight excluding hydrogens is 188 g/mol. The lowest BCUT2D eigenvalue weighted by molar-refractivity contribution is 0.354. The van der Waals surface area contributed by atoms with E-state index in [0.29, 0.717) is 6.61 Å². The summed E-state index contributed by atoms with van der Waals surface area (Å²) in [6, 6.07) is 7.40. The summed E-state index contributed by atoms with van der Waals surface area (Å²) in [5.74, 6) is 1.60. The lowest BCUT2D eigenvalue weighted by Gasteiger charge is -2.06. The molecule has 1 rings (SSSR count). The molecule has 0 aliphatic carbocycles. The Kier molecular flexibility index (Phi) is 4.27. The second kappa shape index (κ2) is 5.74. The van der Waals surface area contributed by atoms with E-state index in [-0.39, 0.29) is 0 Å². The summed E-state index contributed by atoms with van der Waals surface area (Å²) in [6.45, 7) is 7.69. The molecule has 0 radical (unpaired) electrons. The molecule has 0 aliphatic heterocycles. The number of rotatable bonds is 5. The molecule has 0 amide bonds. The van der Waals surface area contributed by atoms with E-state index in [1.165, 1.54) is 0 Å². The third-order valence-corrected chi connectivity index (χ3v) is 1.79. The second-order valence-electron chi connectivity index (χ2n) is 2.97. The summed E-state index contributed by atoms with van der Waals surface area (Å²) in [6.07, 6.45) is 1.70. The van der Waals surface area contributed by atoms with Crippen LogP contribution in [-0.4, -0.2) is 13.7 Å². The van der Waals surface area contributed by atoms with Gasteiger partial charge >= 0.3 is 0 Å². The minimum atomic E-state index is 0.439. The molecule has 78 valence electrons. The third kappa shape index (κ3) is 3.75. The predicted octanol–water partition coefficient (Wildman–Crippen LogP) is 2.97. The van der Waals surface area contributed by atoms with Gasteiger partial charge in [-0.15, -0.1) is 5.73 Å². The van der Waals surface area contributed by atoms with Gasteiger partial charge in [0.15, 0.2) is 0 Å². The molecule has 0 unspecified atom stereocenters. The van der Waals surface area contributed by atoms with Gasteiger partial charge in [0.2, 0.25) is 0 Å². The fourth-order valence-electron chi connectivity index (χ4n) is 1.03. The molecular formula is C13H14O2. The fourth-order valence-corrected chi connectivity index (χ4v) is 1.03. The van der Waals surface area contributed by atoms with Crippen molar-refractivity contribution in [1.82, 2.24) is 0 Å². The zero-order chi connectivity index (χ0) is 11.1. The summed E-state index contributed by atoms with van der Waals surface area (Å²) in [4.78, 5) is 0. The van der Waals surface area contributed by atoms with Crippen molar-refractivity contribution in [3.63, 3.8) is 0 Å². The summed E-state index contributed by atoms with van der Waals surface area (Å²) in [5.41, 5.74) is 3.48. The first kappa shape index (κ1) is 11.2. The highest BCUT2D eigenvalue weighted by Crippen LogP contribution is 2.17. The highest BCUT2D eigenvalue weighted by atomic mass is 16.5. The average Bonchev–Trinajstić information content (AvgIpc) is 2.27. The van der Waals surface area contributed by atoms with Gasteiger partial charge < -0.3 is 9.47 Å². The monoisotopic (exact) mass is 202 g/mol. The third-order valence-electron chi connectivity index (χ3n) is 1.79. The van der Waals surface area contributed by atoms with E-state index in [9.17, 15) is 0 Å². The molecule has 15 heavy (non-hydrogen) atoms. The van der Waals surface area contributed by atoms with Gasteiger partial charge in [0.05, 0.1) is 7.11 Å². The Morgan fingerprint density at radius 3 is 2.47 bits per heavy atom. The first-order chi connectivity index (χ1) is 7.26. The maximum atomic E-state index is 5.47. The highest BCUT2D eigenvalue weighted by molar-refractivity contribution is 5.31. The minimum absolute atomic E-state index is 0.439. The van der Waals surface area contributed by atoms with Crippen LogP contribution in [0.1, 0.15) is 0 Å². The predicted molar refractivity (Wildman–Crippen MR) is 61.3 cm³/mol. The molecule has 0 saturated carbocycles. The maximum absolute atomic E-state index is 5.47. The smallest absolute Gasteiger partial charge is 0.120 e. The van der Waals surface area contributed by atoms with Gasteiger partial charge in [0, 0.05) is 0 Å². The largest absolute Gasteiger partial charge is 0.497 e. The first-order valence-electron chi connectivity index (χ1n) is 4.56. The lowest BCUT2D eigenvalue weighted by Crippen LogP contribution is -1.97. The van der Waals surface area contributed by atoms with Crippen LogP contribution < -0.4 is 9.47 Å². The Balaban J connectivity index is 2.51. The van der Waals surface area contributed by atoms with Gasteiger partial charge in [-0.3, -0.25) is 0 Å². The summed E-state index contributed by atoms with van der Waals surface area (Å²) < 4.78 is 10.5. The van der Waals surface area contributed by atoms with Crippen LogP contribution in [0, 0.1) is 0 Å². The summed E-state index contributed by atoms with van der Waals surface area (Å²) in [7, 11) is 1.63. The molecule has 0 atom stereocenters. The maximum Gasteiger partial charge on any atom is 0.120 e. The van der Waals surface area contributed by atoms with Crippen molar-refractivity contribution >= 4 is 0 Å². The van der Waals surface area contributed by atoms with E-state index >= 15 is 0 Å². The highest BCUT2D eigenvalue weighted by Gasteiger charge is 1.95. The molecule has 2 heteroatoms. The van der Waals surface area contributed by atoms with Crippen LogP contribution in [0.5, 0.6) is 11.5 Å². The van der Waals surface area contributed by atoms with E-state index < -0.39 is 0 Å². The van der Waals surface area contributed by atoms with E-state index in [2.05, 4.69) is 18.9 Å². The van der Waals surface area contributed by atoms with Crippen LogP contribution in [0.4, 0.5) is 0 Å². The molecule has 1 aromatic carbocycles. The Morgan fingerprint density at radius 1 is 1.33 bits per heavy atom. The van der Waals surface area contributed by atoms with Crippen molar-refractivity contribution in [2.45, 2.75) is 0 Å². The van der Waals surface area contributed by atoms with Crippen molar-refractivity contribution in [1.29, 1.82) is 0 Å². The van der Waals surface area contributed by atoms with Gasteiger partial charge in [-0.1, -0.05) is 13.2 Å². The Bertz CT molecular complexity index is 370. The number of ether oxygens (including phenoxy) is 2. The van der Waals surface area contributed by atoms with Crippen LogP contribution in [0.15, 0.2) is 54.8 Å². The van der Waals surface area contributed by atoms with Gasteiger partial charge in [0.25, 0.3) is 0 Å². The zero-order valence-corrected chi connectivity index (χ0v) is 8.82. The molecule has 0 bridgehead atoms. The molecule has 0 fully saturated rings. The van der Waals surface area contributed by atoms with Crippen molar-refractivity contribution in [3.05, 3.63) is 54.8 Å². The quantitative estimate of drug-likeness (QED) is 0.540. The standard InChI is InChI=1S/C13H14O2/c1-4-5-11(2)10-15-13-8-6-12(14-3)7-9-13/h5-9H,1-2,10H2,3H3. The van der Waals surface area contributed by atoms with E-state index in [1.54, 1.807) is 13.2 Å². The molecule has 2 nitrogen and oxygen atoms in total. The Hall–Kier alpha value is -1.92. The zero-order valence-electron chi connectivity index (χ0n) is 8.82. The van der Waals surface area contributed by atoms with Crippen LogP contribution in [0.3, 0.4) is 0 Å². The van der Waals surface area contributed by atoms with Crippen molar-refractivity contribution < 1.29 is 9.47 Å². The van der Waals surface area contributed by atoms with Crippen molar-refractivity contribution in [2.24, 2.45) is 0 Å². The topological polar surface area (TPSA) is 18.5 Å². The number of benzene rings is 1. The Morgan fingerprint density at radius 2 is 1.93 bits per heavy atom. The summed E-state index contributed by atoms with van der Waals surface area (Å²) >= 11 is 0. The molecule has 0 aromatic heterocycles. The van der Waals surface area contributed by atoms with Gasteiger partial charge in [-0.25, -0.2) is 0 Å². The number of hydrogen-bond donors (Lipinski definition) is 0. The van der Waals surface area contributed by atoms with Gasteiger partial charge in [0.1, 0.15) is 18.1 Å². The van der Waals surface area contributed by atoms with E-state index in [0.717, 1.165) is 17.1 Å². The van der Waals surface area contributed by atoms with E-state index in [4.69, 9.17) is 9.47 Å². The second-order valence-corrected chi connectivity index (χ2v) is 2.97. The molecule has 0 saturated heterocycles.